The highest BCUT2D eigenvalue weighted by atomic mass is 16.3. The third-order valence-corrected chi connectivity index (χ3v) is 11.6. The lowest BCUT2D eigenvalue weighted by Crippen LogP contribution is -2.58. The number of carbonyl (C=O) groups excluding carboxylic acids is 4. The highest BCUT2D eigenvalue weighted by Gasteiger charge is 2.66. The Morgan fingerprint density at radius 1 is 0.804 bits per heavy atom. The van der Waals surface area contributed by atoms with Crippen LogP contribution in [0.25, 0.3) is 11.6 Å². The van der Waals surface area contributed by atoms with Crippen LogP contribution in [0.15, 0.2) is 140 Å². The third-order valence-electron chi connectivity index (χ3n) is 11.6. The van der Waals surface area contributed by atoms with E-state index in [1.807, 2.05) is 97.1 Å². The molecule has 51 heavy (non-hydrogen) atoms. The molecular weight excluding hydrogens is 634 g/mol. The smallest absolute Gasteiger partial charge is 0.238 e. The van der Waals surface area contributed by atoms with Gasteiger partial charge in [0.15, 0.2) is 11.6 Å². The van der Waals surface area contributed by atoms with Gasteiger partial charge in [0.25, 0.3) is 0 Å². The summed E-state index contributed by atoms with van der Waals surface area (Å²) in [5.74, 6) is -4.51. The Balaban J connectivity index is 1.36. The van der Waals surface area contributed by atoms with Gasteiger partial charge in [0.1, 0.15) is 5.75 Å². The topological polar surface area (TPSA) is 91.8 Å². The van der Waals surface area contributed by atoms with Crippen molar-refractivity contribution in [3.05, 3.63) is 168 Å². The first-order valence-electron chi connectivity index (χ1n) is 17.4. The number of phenolic OH excluding ortho intramolecular Hbond substituents is 1. The van der Waals surface area contributed by atoms with E-state index in [0.717, 1.165) is 11.1 Å². The molecule has 4 aromatic rings. The Hall–Kier alpha value is -5.88. The van der Waals surface area contributed by atoms with Gasteiger partial charge < -0.3 is 5.11 Å². The van der Waals surface area contributed by atoms with Crippen molar-refractivity contribution in [3.8, 4) is 5.75 Å². The van der Waals surface area contributed by atoms with Crippen LogP contribution in [0.2, 0.25) is 0 Å². The number of amides is 2. The van der Waals surface area contributed by atoms with Crippen molar-refractivity contribution >= 4 is 40.7 Å². The number of fused-ring (bicyclic) bond motifs is 4. The van der Waals surface area contributed by atoms with E-state index >= 15 is 9.59 Å². The summed E-state index contributed by atoms with van der Waals surface area (Å²) in [6.45, 7) is 7.69. The normalized spacial score (nSPS) is 26.8. The third kappa shape index (κ3) is 4.77. The molecule has 252 valence electrons. The fraction of sp³-hybridized carbons (Fsp3) is 0.200. The average molecular weight is 672 g/mol. The highest BCUT2D eigenvalue weighted by molar-refractivity contribution is 6.32. The number of nitrogens with zero attached hydrogens (tertiary/aromatic N) is 1. The number of para-hydroxylation sites is 1. The summed E-state index contributed by atoms with van der Waals surface area (Å²) in [7, 11) is 0. The van der Waals surface area contributed by atoms with Crippen LogP contribution < -0.4 is 4.90 Å². The van der Waals surface area contributed by atoms with Crippen molar-refractivity contribution in [3.63, 3.8) is 0 Å². The molecule has 1 N–H and O–H groups in total. The molecule has 1 saturated heterocycles. The van der Waals surface area contributed by atoms with Crippen LogP contribution in [0.1, 0.15) is 46.6 Å². The van der Waals surface area contributed by atoms with E-state index in [2.05, 4.69) is 13.2 Å². The molecule has 8 rings (SSSR count). The summed E-state index contributed by atoms with van der Waals surface area (Å²) >= 11 is 0. The largest absolute Gasteiger partial charge is 0.507 e. The molecule has 4 aromatic carbocycles. The van der Waals surface area contributed by atoms with Crippen molar-refractivity contribution in [1.82, 2.24) is 0 Å². The number of anilines is 1. The molecule has 6 heteroatoms. The Morgan fingerprint density at radius 3 is 2.20 bits per heavy atom. The second-order valence-electron chi connectivity index (χ2n) is 13.9. The monoisotopic (exact) mass is 671 g/mol. The van der Waals surface area contributed by atoms with Gasteiger partial charge in [-0.3, -0.25) is 24.1 Å². The second-order valence-corrected chi connectivity index (χ2v) is 13.9. The maximum Gasteiger partial charge on any atom is 0.238 e. The molecule has 2 fully saturated rings. The maximum atomic E-state index is 15.2. The van der Waals surface area contributed by atoms with E-state index in [4.69, 9.17) is 0 Å². The number of benzene rings is 4. The first-order valence-corrected chi connectivity index (χ1v) is 17.4. The van der Waals surface area contributed by atoms with Gasteiger partial charge in [-0.25, -0.2) is 0 Å². The molecular formula is C45H37NO5. The van der Waals surface area contributed by atoms with Gasteiger partial charge in [-0.1, -0.05) is 121 Å². The molecule has 0 radical (unpaired) electrons. The Kier molecular flexibility index (Phi) is 7.90. The van der Waals surface area contributed by atoms with E-state index in [-0.39, 0.29) is 35.6 Å². The fourth-order valence-corrected chi connectivity index (χ4v) is 9.40. The molecule has 0 aromatic heterocycles. The van der Waals surface area contributed by atoms with E-state index in [1.165, 1.54) is 11.0 Å². The number of carbonyl (C=O) groups is 4. The standard InChI is InChI=1S/C45H37NO5/c1-3-12-29-15-11-18-34(41(29)48)40-32-23-24-33-39(44(51)46(43(33)50)31-21-19-27(4-2)20-22-31)36(32)25-37-42(49)35(28-13-7-5-8-14-28)26-38(47)45(37,40)30-16-9-6-10-17-30/h3-11,13-23,26,33,36-37,39-40,48H,1-2,12,24-25H2. The Morgan fingerprint density at radius 2 is 1.51 bits per heavy atom. The van der Waals surface area contributed by atoms with Crippen LogP contribution in [0.4, 0.5) is 5.69 Å². The quantitative estimate of drug-likeness (QED) is 0.160. The molecule has 4 aliphatic rings. The lowest BCUT2D eigenvalue weighted by molar-refractivity contribution is -0.135. The summed E-state index contributed by atoms with van der Waals surface area (Å²) in [6, 6.07) is 31.3. The van der Waals surface area contributed by atoms with Gasteiger partial charge in [-0.15, -0.1) is 6.58 Å². The maximum absolute atomic E-state index is 15.2. The van der Waals surface area contributed by atoms with E-state index in [9.17, 15) is 14.7 Å². The van der Waals surface area contributed by atoms with E-state index < -0.39 is 35.0 Å². The number of Topliss-reactive ketones (excluding diaryl/α,β-unsaturated/α-hetero) is 1. The molecule has 0 spiro atoms. The molecule has 3 aliphatic carbocycles. The van der Waals surface area contributed by atoms with Gasteiger partial charge in [-0.05, 0) is 65.6 Å². The summed E-state index contributed by atoms with van der Waals surface area (Å²) < 4.78 is 0. The van der Waals surface area contributed by atoms with Crippen molar-refractivity contribution < 1.29 is 24.3 Å². The van der Waals surface area contributed by atoms with Gasteiger partial charge >= 0.3 is 0 Å². The summed E-state index contributed by atoms with van der Waals surface area (Å²) in [5.41, 5.74) is 3.58. The average Bonchev–Trinajstić information content (AvgIpc) is 3.42. The molecule has 6 nitrogen and oxygen atoms in total. The number of hydrogen-bond acceptors (Lipinski definition) is 5. The van der Waals surface area contributed by atoms with Gasteiger partial charge in [0.2, 0.25) is 11.8 Å². The number of imide groups is 1. The minimum absolute atomic E-state index is 0.0379. The number of rotatable bonds is 7. The van der Waals surface area contributed by atoms with Crippen LogP contribution in [-0.4, -0.2) is 28.5 Å². The number of allylic oxidation sites excluding steroid dienone is 5. The zero-order chi connectivity index (χ0) is 35.4. The first kappa shape index (κ1) is 32.3. The first-order chi connectivity index (χ1) is 24.8. The van der Waals surface area contributed by atoms with Crippen molar-refractivity contribution in [2.75, 3.05) is 4.90 Å². The lowest BCUT2D eigenvalue weighted by Gasteiger charge is -2.55. The summed E-state index contributed by atoms with van der Waals surface area (Å²) in [5, 5.41) is 12.0. The van der Waals surface area contributed by atoms with Crippen molar-refractivity contribution in [1.29, 1.82) is 0 Å². The highest BCUT2D eigenvalue weighted by Crippen LogP contribution is 2.64. The summed E-state index contributed by atoms with van der Waals surface area (Å²) in [6.07, 6.45) is 7.82. The number of ketones is 2. The van der Waals surface area contributed by atoms with Crippen LogP contribution in [-0.2, 0) is 31.0 Å². The predicted molar refractivity (Wildman–Crippen MR) is 198 cm³/mol. The van der Waals surface area contributed by atoms with Crippen molar-refractivity contribution in [2.24, 2.45) is 23.7 Å². The minimum atomic E-state index is -1.41. The summed E-state index contributed by atoms with van der Waals surface area (Å²) in [4.78, 5) is 60.3. The van der Waals surface area contributed by atoms with Crippen LogP contribution >= 0.6 is 0 Å². The van der Waals surface area contributed by atoms with Crippen molar-refractivity contribution in [2.45, 2.75) is 30.6 Å². The Bertz CT molecular complexity index is 2180. The van der Waals surface area contributed by atoms with E-state index in [0.29, 0.717) is 46.4 Å². The van der Waals surface area contributed by atoms with Crippen LogP contribution in [0, 0.1) is 23.7 Å². The zero-order valence-corrected chi connectivity index (χ0v) is 28.1. The number of hydrogen-bond donors (Lipinski definition) is 1. The lowest BCUT2D eigenvalue weighted by atomic mass is 9.44. The second kappa shape index (κ2) is 12.5. The fourth-order valence-electron chi connectivity index (χ4n) is 9.40. The molecule has 1 saturated carbocycles. The van der Waals surface area contributed by atoms with Gasteiger partial charge in [0.05, 0.1) is 22.9 Å². The molecule has 6 atom stereocenters. The number of aromatic hydroxyl groups is 1. The van der Waals surface area contributed by atoms with E-state index in [1.54, 1.807) is 24.3 Å². The van der Waals surface area contributed by atoms with Gasteiger partial charge in [-0.2, -0.15) is 0 Å². The molecule has 0 bridgehead atoms. The molecule has 1 heterocycles. The van der Waals surface area contributed by atoms with Crippen LogP contribution in [0.3, 0.4) is 0 Å². The number of phenols is 1. The molecule has 6 unspecified atom stereocenters. The predicted octanol–water partition coefficient (Wildman–Crippen LogP) is 7.79. The van der Waals surface area contributed by atoms with Gasteiger partial charge in [0, 0.05) is 23.0 Å². The Labute approximate surface area is 297 Å². The van der Waals surface area contributed by atoms with Crippen LogP contribution in [0.5, 0.6) is 5.75 Å². The minimum Gasteiger partial charge on any atom is -0.507 e. The molecule has 2 amide bonds. The molecule has 1 aliphatic heterocycles. The SMILES string of the molecule is C=CCc1cccc(C2C3=CCC4C(=O)N(c5ccc(C=C)cc5)C(=O)C4C3CC3C(=O)C(c4ccccc4)=CC(=O)C32c2ccccc2)c1O. The zero-order valence-electron chi connectivity index (χ0n) is 28.1.